The van der Waals surface area contributed by atoms with Crippen molar-refractivity contribution < 1.29 is 13.2 Å². The number of halogens is 4. The molecular formula is C13H20ClF3Si. The van der Waals surface area contributed by atoms with Crippen molar-refractivity contribution in [2.75, 3.05) is 5.88 Å². The van der Waals surface area contributed by atoms with Gasteiger partial charge in [0.2, 0.25) is 0 Å². The lowest BCUT2D eigenvalue weighted by Gasteiger charge is -2.34. The minimum Gasteiger partial charge on any atom is -0.177 e. The fourth-order valence-corrected chi connectivity index (χ4v) is 4.62. The Morgan fingerprint density at radius 2 is 1.67 bits per heavy atom. The fraction of sp³-hybridized carbons (Fsp3) is 0.538. The van der Waals surface area contributed by atoms with Crippen molar-refractivity contribution in [3.05, 3.63) is 35.9 Å². The Hall–Kier alpha value is -0.483. The molecule has 0 spiro atoms. The number of benzene rings is 1. The highest BCUT2D eigenvalue weighted by molar-refractivity contribution is 6.80. The lowest BCUT2D eigenvalue weighted by atomic mass is 10.1. The van der Waals surface area contributed by atoms with Gasteiger partial charge in [-0.2, -0.15) is 13.2 Å². The molecule has 1 aromatic rings. The zero-order valence-electron chi connectivity index (χ0n) is 9.89. The van der Waals surface area contributed by atoms with Crippen LogP contribution in [0.25, 0.3) is 0 Å². The van der Waals surface area contributed by atoms with E-state index in [0.717, 1.165) is 5.56 Å². The van der Waals surface area contributed by atoms with E-state index in [9.17, 15) is 13.2 Å². The van der Waals surface area contributed by atoms with Gasteiger partial charge in [-0.1, -0.05) is 50.9 Å². The first-order chi connectivity index (χ1) is 7.80. The highest BCUT2D eigenvalue weighted by Crippen LogP contribution is 2.41. The van der Waals surface area contributed by atoms with Gasteiger partial charge in [-0.15, -0.1) is 11.6 Å². The zero-order chi connectivity index (χ0) is 13.1. The number of rotatable bonds is 4. The van der Waals surface area contributed by atoms with Gasteiger partial charge in [-0.3, -0.25) is 0 Å². The molecule has 5 heteroatoms. The summed E-state index contributed by atoms with van der Waals surface area (Å²) in [4.78, 5) is 0. The molecule has 1 unspecified atom stereocenters. The topological polar surface area (TPSA) is 0 Å². The number of hydrogen-bond acceptors (Lipinski definition) is 0. The molecule has 0 fully saturated rings. The Balaban J connectivity index is 0.00000289. The summed E-state index contributed by atoms with van der Waals surface area (Å²) in [5.41, 5.74) is 0.281. The van der Waals surface area contributed by atoms with Crippen LogP contribution in [0.5, 0.6) is 0 Å². The third-order valence-electron chi connectivity index (χ3n) is 3.20. The van der Waals surface area contributed by atoms with Gasteiger partial charge in [0, 0.05) is 5.88 Å². The SMILES string of the molecule is C.C[Si](C)(C(CCCl)c1ccccc1)C(F)(F)F. The van der Waals surface area contributed by atoms with E-state index in [4.69, 9.17) is 11.6 Å². The van der Waals surface area contributed by atoms with E-state index in [1.165, 1.54) is 13.1 Å². The van der Waals surface area contributed by atoms with Gasteiger partial charge in [-0.25, -0.2) is 0 Å². The second-order valence-corrected chi connectivity index (χ2v) is 9.75. The minimum absolute atomic E-state index is 0. The predicted molar refractivity (Wildman–Crippen MR) is 74.8 cm³/mol. The molecule has 1 aromatic carbocycles. The monoisotopic (exact) mass is 296 g/mol. The van der Waals surface area contributed by atoms with Crippen molar-refractivity contribution in [1.82, 2.24) is 0 Å². The van der Waals surface area contributed by atoms with Crippen molar-refractivity contribution in [2.45, 2.75) is 38.3 Å². The molecule has 0 saturated carbocycles. The van der Waals surface area contributed by atoms with Crippen molar-refractivity contribution in [1.29, 1.82) is 0 Å². The summed E-state index contributed by atoms with van der Waals surface area (Å²) in [6.07, 6.45) is 0.379. The molecule has 0 radical (unpaired) electrons. The first-order valence-electron chi connectivity index (χ1n) is 5.48. The molecule has 0 N–H and O–H groups in total. The molecule has 0 amide bonds. The van der Waals surface area contributed by atoms with Gasteiger partial charge < -0.3 is 0 Å². The van der Waals surface area contributed by atoms with E-state index in [-0.39, 0.29) is 13.3 Å². The van der Waals surface area contributed by atoms with Crippen molar-refractivity contribution in [3.8, 4) is 0 Å². The van der Waals surface area contributed by atoms with Gasteiger partial charge in [0.25, 0.3) is 0 Å². The van der Waals surface area contributed by atoms with Crippen LogP contribution in [0.15, 0.2) is 30.3 Å². The Bertz CT molecular complexity index is 349. The fourth-order valence-electron chi connectivity index (χ4n) is 1.94. The van der Waals surface area contributed by atoms with Crippen LogP contribution in [-0.4, -0.2) is 19.8 Å². The van der Waals surface area contributed by atoms with Crippen LogP contribution in [-0.2, 0) is 0 Å². The van der Waals surface area contributed by atoms with E-state index in [0.29, 0.717) is 6.42 Å². The summed E-state index contributed by atoms with van der Waals surface area (Å²) in [5.74, 6) is -3.84. The van der Waals surface area contributed by atoms with Gasteiger partial charge >= 0.3 is 5.80 Å². The molecular weight excluding hydrogens is 277 g/mol. The summed E-state index contributed by atoms with van der Waals surface area (Å²) in [6.45, 7) is 2.74. The highest BCUT2D eigenvalue weighted by atomic mass is 35.5. The Kier molecular flexibility index (Phi) is 6.44. The molecule has 0 nitrogen and oxygen atoms in total. The summed E-state index contributed by atoms with van der Waals surface area (Å²) < 4.78 is 39.3. The first kappa shape index (κ1) is 17.5. The molecule has 0 aliphatic carbocycles. The maximum absolute atomic E-state index is 13.1. The average molecular weight is 297 g/mol. The predicted octanol–water partition coefficient (Wildman–Crippen LogP) is 5.38. The summed E-state index contributed by atoms with van der Waals surface area (Å²) in [6, 6.07) is 8.88. The van der Waals surface area contributed by atoms with Gasteiger partial charge in [-0.05, 0) is 17.5 Å². The summed E-state index contributed by atoms with van der Waals surface area (Å²) in [7, 11) is -3.38. The molecule has 1 atom stereocenters. The van der Waals surface area contributed by atoms with E-state index in [2.05, 4.69) is 0 Å². The smallest absolute Gasteiger partial charge is 0.177 e. The normalized spacial score (nSPS) is 13.9. The number of alkyl halides is 4. The minimum atomic E-state index is -4.10. The van der Waals surface area contributed by atoms with Crippen molar-refractivity contribution >= 4 is 19.7 Å². The lowest BCUT2D eigenvalue weighted by molar-refractivity contribution is -0.0576. The van der Waals surface area contributed by atoms with Crippen LogP contribution in [0.4, 0.5) is 13.2 Å². The maximum atomic E-state index is 13.1. The Morgan fingerprint density at radius 1 is 1.17 bits per heavy atom. The largest absolute Gasteiger partial charge is 0.361 e. The maximum Gasteiger partial charge on any atom is 0.361 e. The second kappa shape index (κ2) is 6.62. The van der Waals surface area contributed by atoms with Crippen LogP contribution in [0.1, 0.15) is 25.0 Å². The van der Waals surface area contributed by atoms with Crippen LogP contribution >= 0.6 is 11.6 Å². The third-order valence-corrected chi connectivity index (χ3v) is 7.25. The summed E-state index contributed by atoms with van der Waals surface area (Å²) in [5, 5.41) is 0. The molecule has 0 aromatic heterocycles. The van der Waals surface area contributed by atoms with E-state index in [1.807, 2.05) is 6.07 Å². The van der Waals surface area contributed by atoms with Gasteiger partial charge in [0.15, 0.2) is 8.07 Å². The average Bonchev–Trinajstić information content (AvgIpc) is 2.25. The molecule has 0 aliphatic rings. The number of hydrogen-bond donors (Lipinski definition) is 0. The van der Waals surface area contributed by atoms with E-state index in [1.54, 1.807) is 24.3 Å². The Morgan fingerprint density at radius 3 is 2.06 bits per heavy atom. The lowest BCUT2D eigenvalue weighted by Crippen LogP contribution is -2.50. The molecule has 0 saturated heterocycles. The first-order valence-corrected chi connectivity index (χ1v) is 9.09. The summed E-state index contributed by atoms with van der Waals surface area (Å²) >= 11 is 5.66. The van der Waals surface area contributed by atoms with Crippen LogP contribution < -0.4 is 0 Å². The molecule has 0 aliphatic heterocycles. The molecule has 0 heterocycles. The zero-order valence-corrected chi connectivity index (χ0v) is 11.6. The molecule has 104 valence electrons. The molecule has 1 rings (SSSR count). The third kappa shape index (κ3) is 3.75. The van der Waals surface area contributed by atoms with Gasteiger partial charge in [0.05, 0.1) is 0 Å². The second-order valence-electron chi connectivity index (χ2n) is 4.66. The highest BCUT2D eigenvalue weighted by Gasteiger charge is 2.54. The molecule has 18 heavy (non-hydrogen) atoms. The quantitative estimate of drug-likeness (QED) is 0.516. The van der Waals surface area contributed by atoms with Crippen LogP contribution in [0.3, 0.4) is 0 Å². The van der Waals surface area contributed by atoms with Crippen molar-refractivity contribution in [3.63, 3.8) is 0 Å². The molecule has 0 bridgehead atoms. The van der Waals surface area contributed by atoms with E-state index < -0.39 is 19.4 Å². The van der Waals surface area contributed by atoms with Gasteiger partial charge in [0.1, 0.15) is 0 Å². The van der Waals surface area contributed by atoms with Crippen LogP contribution in [0, 0.1) is 0 Å². The van der Waals surface area contributed by atoms with E-state index >= 15 is 0 Å². The standard InChI is InChI=1S/C12H16ClF3Si.CH4/c1-17(2,12(14,15)16)11(8-9-13)10-6-4-3-5-7-10;/h3-7,11H,8-9H2,1-2H3;1H4. The Labute approximate surface area is 113 Å². The van der Waals surface area contributed by atoms with Crippen LogP contribution in [0.2, 0.25) is 13.1 Å². The van der Waals surface area contributed by atoms with Crippen molar-refractivity contribution in [2.24, 2.45) is 0 Å².